The van der Waals surface area contributed by atoms with Crippen molar-refractivity contribution in [3.05, 3.63) is 54.7 Å². The average Bonchev–Trinajstić information content (AvgIpc) is 3.39. The lowest BCUT2D eigenvalue weighted by Gasteiger charge is -2.17. The molecule has 1 aliphatic rings. The number of halogens is 2. The summed E-state index contributed by atoms with van der Waals surface area (Å²) in [5, 5.41) is 6.41. The molecule has 1 aliphatic heterocycles. The van der Waals surface area contributed by atoms with Gasteiger partial charge in [-0.1, -0.05) is 0 Å². The van der Waals surface area contributed by atoms with Crippen LogP contribution in [-0.4, -0.2) is 49.8 Å². The Hall–Kier alpha value is -3.43. The Balaban J connectivity index is 1.41. The monoisotopic (exact) mass is 385 g/mol. The Morgan fingerprint density at radius 2 is 2.14 bits per heavy atom. The van der Waals surface area contributed by atoms with Crippen LogP contribution in [0.25, 0.3) is 11.3 Å². The summed E-state index contributed by atoms with van der Waals surface area (Å²) in [4.78, 5) is 27.2. The molecule has 1 fully saturated rings. The largest absolute Gasteiger partial charge is 0.346 e. The first-order valence-corrected chi connectivity index (χ1v) is 8.73. The van der Waals surface area contributed by atoms with Gasteiger partial charge in [0.25, 0.3) is 5.91 Å². The number of alkyl halides is 2. The van der Waals surface area contributed by atoms with Gasteiger partial charge in [-0.25, -0.2) is 14.6 Å². The molecule has 3 aromatic heterocycles. The van der Waals surface area contributed by atoms with E-state index in [1.807, 2.05) is 23.1 Å². The molecule has 28 heavy (non-hydrogen) atoms. The van der Waals surface area contributed by atoms with Crippen LogP contribution in [0.3, 0.4) is 0 Å². The van der Waals surface area contributed by atoms with Crippen molar-refractivity contribution >= 4 is 11.9 Å². The molecule has 4 heterocycles. The van der Waals surface area contributed by atoms with Gasteiger partial charge in [0.05, 0.1) is 5.69 Å². The Bertz CT molecular complexity index is 963. The van der Waals surface area contributed by atoms with Crippen molar-refractivity contribution in [3.8, 4) is 11.3 Å². The SMILES string of the molecule is O=C(NC1CCN(c2nccc(-c3cccnc3)n2)C1)c1ccn(C(F)F)n1. The van der Waals surface area contributed by atoms with Crippen molar-refractivity contribution in [1.82, 2.24) is 30.0 Å². The summed E-state index contributed by atoms with van der Waals surface area (Å²) in [7, 11) is 0. The van der Waals surface area contributed by atoms with E-state index < -0.39 is 12.5 Å². The standard InChI is InChI=1S/C18H17F2N7O/c19-17(20)27-9-5-15(25-27)16(28)23-13-4-8-26(11-13)18-22-7-3-14(24-18)12-2-1-6-21-10-12/h1-3,5-7,9-10,13,17H,4,8,11H2,(H,23,28). The summed E-state index contributed by atoms with van der Waals surface area (Å²) in [6, 6.07) is 6.71. The van der Waals surface area contributed by atoms with E-state index >= 15 is 0 Å². The second kappa shape index (κ2) is 7.67. The molecule has 10 heteroatoms. The van der Waals surface area contributed by atoms with Gasteiger partial charge in [-0.3, -0.25) is 9.78 Å². The van der Waals surface area contributed by atoms with E-state index in [9.17, 15) is 13.6 Å². The highest BCUT2D eigenvalue weighted by Crippen LogP contribution is 2.21. The van der Waals surface area contributed by atoms with Crippen LogP contribution in [0.2, 0.25) is 0 Å². The quantitative estimate of drug-likeness (QED) is 0.724. The number of anilines is 1. The molecular formula is C18H17F2N7O. The van der Waals surface area contributed by atoms with E-state index in [2.05, 4.69) is 25.4 Å². The minimum absolute atomic E-state index is 0.0337. The molecule has 1 unspecified atom stereocenters. The lowest BCUT2D eigenvalue weighted by molar-refractivity contribution is 0.0559. The van der Waals surface area contributed by atoms with Crippen molar-refractivity contribution in [2.45, 2.75) is 19.0 Å². The zero-order chi connectivity index (χ0) is 19.5. The van der Waals surface area contributed by atoms with E-state index in [1.165, 1.54) is 6.07 Å². The van der Waals surface area contributed by atoms with Crippen LogP contribution in [0.5, 0.6) is 0 Å². The number of amides is 1. The van der Waals surface area contributed by atoms with Crippen molar-refractivity contribution in [2.24, 2.45) is 0 Å². The minimum atomic E-state index is -2.77. The van der Waals surface area contributed by atoms with Crippen molar-refractivity contribution in [1.29, 1.82) is 0 Å². The summed E-state index contributed by atoms with van der Waals surface area (Å²) in [5.41, 5.74) is 1.63. The molecule has 144 valence electrons. The van der Waals surface area contributed by atoms with Gasteiger partial charge in [0.2, 0.25) is 5.95 Å². The molecule has 1 saturated heterocycles. The third-order valence-electron chi connectivity index (χ3n) is 4.45. The average molecular weight is 385 g/mol. The van der Waals surface area contributed by atoms with E-state index in [4.69, 9.17) is 0 Å². The van der Waals surface area contributed by atoms with E-state index in [0.717, 1.165) is 17.5 Å². The molecule has 3 aromatic rings. The normalized spacial score (nSPS) is 16.5. The van der Waals surface area contributed by atoms with E-state index in [0.29, 0.717) is 30.1 Å². The number of nitrogens with one attached hydrogen (secondary N) is 1. The first-order chi connectivity index (χ1) is 13.6. The van der Waals surface area contributed by atoms with Gasteiger partial charge in [-0.2, -0.15) is 13.9 Å². The maximum Gasteiger partial charge on any atom is 0.333 e. The van der Waals surface area contributed by atoms with Crippen LogP contribution < -0.4 is 10.2 Å². The molecule has 0 bridgehead atoms. The van der Waals surface area contributed by atoms with Crippen molar-refractivity contribution in [3.63, 3.8) is 0 Å². The van der Waals surface area contributed by atoms with Crippen LogP contribution in [0.1, 0.15) is 23.5 Å². The van der Waals surface area contributed by atoms with Gasteiger partial charge >= 0.3 is 6.55 Å². The number of aromatic nitrogens is 5. The summed E-state index contributed by atoms with van der Waals surface area (Å²) in [5.74, 6) is 0.0939. The molecule has 0 spiro atoms. The van der Waals surface area contributed by atoms with E-state index in [1.54, 1.807) is 18.6 Å². The predicted molar refractivity (Wildman–Crippen MR) is 96.8 cm³/mol. The molecule has 1 amide bonds. The summed E-state index contributed by atoms with van der Waals surface area (Å²) in [6.07, 6.45) is 6.90. The number of carbonyl (C=O) groups is 1. The molecule has 0 aromatic carbocycles. The van der Waals surface area contributed by atoms with Gasteiger partial charge in [0, 0.05) is 49.5 Å². The first kappa shape index (κ1) is 18.0. The fourth-order valence-corrected chi connectivity index (χ4v) is 3.06. The maximum absolute atomic E-state index is 12.6. The zero-order valence-electron chi connectivity index (χ0n) is 14.7. The first-order valence-electron chi connectivity index (χ1n) is 8.73. The molecule has 4 rings (SSSR count). The highest BCUT2D eigenvalue weighted by molar-refractivity contribution is 5.92. The number of rotatable bonds is 5. The zero-order valence-corrected chi connectivity index (χ0v) is 14.7. The summed E-state index contributed by atoms with van der Waals surface area (Å²) < 4.78 is 25.6. The highest BCUT2D eigenvalue weighted by Gasteiger charge is 2.27. The second-order valence-electron chi connectivity index (χ2n) is 6.35. The topological polar surface area (TPSA) is 88.8 Å². The van der Waals surface area contributed by atoms with Gasteiger partial charge in [0.1, 0.15) is 5.69 Å². The van der Waals surface area contributed by atoms with Crippen molar-refractivity contribution < 1.29 is 13.6 Å². The Morgan fingerprint density at radius 3 is 2.89 bits per heavy atom. The van der Waals surface area contributed by atoms with Gasteiger partial charge in [0.15, 0.2) is 0 Å². The molecular weight excluding hydrogens is 368 g/mol. The number of hydrogen-bond acceptors (Lipinski definition) is 6. The summed E-state index contributed by atoms with van der Waals surface area (Å²) in [6.45, 7) is -1.57. The molecule has 8 nitrogen and oxygen atoms in total. The number of carbonyl (C=O) groups excluding carboxylic acids is 1. The third-order valence-corrected chi connectivity index (χ3v) is 4.45. The number of hydrogen-bond donors (Lipinski definition) is 1. The molecule has 0 aliphatic carbocycles. The van der Waals surface area contributed by atoms with Crippen LogP contribution in [-0.2, 0) is 0 Å². The Kier molecular flexibility index (Phi) is 4.92. The van der Waals surface area contributed by atoms with Crippen LogP contribution in [0.4, 0.5) is 14.7 Å². The predicted octanol–water partition coefficient (Wildman–Crippen LogP) is 2.14. The Morgan fingerprint density at radius 1 is 1.25 bits per heavy atom. The van der Waals surface area contributed by atoms with Gasteiger partial charge in [-0.05, 0) is 30.7 Å². The van der Waals surface area contributed by atoms with Crippen LogP contribution in [0.15, 0.2) is 49.1 Å². The molecule has 1 atom stereocenters. The van der Waals surface area contributed by atoms with Gasteiger partial charge < -0.3 is 10.2 Å². The molecule has 0 radical (unpaired) electrons. The van der Waals surface area contributed by atoms with Crippen LogP contribution in [0, 0.1) is 0 Å². The lowest BCUT2D eigenvalue weighted by atomic mass is 10.2. The highest BCUT2D eigenvalue weighted by atomic mass is 19.3. The molecule has 0 saturated carbocycles. The minimum Gasteiger partial charge on any atom is -0.346 e. The molecule has 1 N–H and O–H groups in total. The lowest BCUT2D eigenvalue weighted by Crippen LogP contribution is -2.37. The maximum atomic E-state index is 12.6. The second-order valence-corrected chi connectivity index (χ2v) is 6.35. The fraction of sp³-hybridized carbons (Fsp3) is 0.278. The summed E-state index contributed by atoms with van der Waals surface area (Å²) >= 11 is 0. The van der Waals surface area contributed by atoms with E-state index in [-0.39, 0.29) is 11.7 Å². The third kappa shape index (κ3) is 3.80. The van der Waals surface area contributed by atoms with Crippen molar-refractivity contribution in [2.75, 3.05) is 18.0 Å². The Labute approximate surface area is 159 Å². The fourth-order valence-electron chi connectivity index (χ4n) is 3.06. The number of nitrogens with zero attached hydrogens (tertiary/aromatic N) is 6. The number of pyridine rings is 1. The van der Waals surface area contributed by atoms with Gasteiger partial charge in [-0.15, -0.1) is 0 Å². The smallest absolute Gasteiger partial charge is 0.333 e. The van der Waals surface area contributed by atoms with Crippen LogP contribution >= 0.6 is 0 Å².